The van der Waals surface area contributed by atoms with Crippen LogP contribution in [0.3, 0.4) is 0 Å². The van der Waals surface area contributed by atoms with E-state index in [2.05, 4.69) is 25.9 Å². The van der Waals surface area contributed by atoms with Crippen molar-refractivity contribution in [3.05, 3.63) is 41.9 Å². The normalized spacial score (nSPS) is 16.3. The van der Waals surface area contributed by atoms with Crippen molar-refractivity contribution in [2.45, 2.75) is 25.9 Å². The van der Waals surface area contributed by atoms with Crippen LogP contribution in [0.25, 0.3) is 0 Å². The highest BCUT2D eigenvalue weighted by Crippen LogP contribution is 2.28. The molecule has 2 aromatic rings. The van der Waals surface area contributed by atoms with Crippen LogP contribution in [-0.4, -0.2) is 35.7 Å². The number of rotatable bonds is 5. The van der Waals surface area contributed by atoms with Gasteiger partial charge in [-0.25, -0.2) is 14.8 Å². The first-order valence-electron chi connectivity index (χ1n) is 9.22. The highest BCUT2D eigenvalue weighted by Gasteiger charge is 2.32. The fraction of sp³-hybridized carbons (Fsp3) is 0.421. The molecule has 2 amide bonds. The Morgan fingerprint density at radius 3 is 2.70 bits per heavy atom. The zero-order valence-corrected chi connectivity index (χ0v) is 17.1. The number of aromatic nitrogens is 2. The van der Waals surface area contributed by atoms with E-state index in [0.29, 0.717) is 30.2 Å². The zero-order valence-electron chi connectivity index (χ0n) is 16.3. The van der Waals surface area contributed by atoms with Crippen LogP contribution in [0.2, 0.25) is 0 Å². The van der Waals surface area contributed by atoms with Crippen LogP contribution in [0.5, 0.6) is 5.75 Å². The number of urea groups is 1. The maximum absolute atomic E-state index is 12.5. The third-order valence-corrected chi connectivity index (χ3v) is 4.44. The predicted molar refractivity (Wildman–Crippen MR) is 109 cm³/mol. The van der Waals surface area contributed by atoms with Crippen molar-refractivity contribution in [3.8, 4) is 5.75 Å². The first kappa shape index (κ1) is 23.7. The van der Waals surface area contributed by atoms with E-state index in [4.69, 9.17) is 4.74 Å². The lowest BCUT2D eigenvalue weighted by Gasteiger charge is -2.23. The van der Waals surface area contributed by atoms with Gasteiger partial charge in [0.25, 0.3) is 0 Å². The Balaban J connectivity index is 0.00000320. The van der Waals surface area contributed by atoms with Crippen molar-refractivity contribution < 1.29 is 22.7 Å². The number of ether oxygens (including phenoxy) is 1. The Morgan fingerprint density at radius 2 is 2.07 bits per heavy atom. The Bertz CT molecular complexity index is 843. The molecule has 1 atom stereocenters. The summed E-state index contributed by atoms with van der Waals surface area (Å²) in [5.74, 6) is 0.822. The molecule has 1 aromatic carbocycles. The van der Waals surface area contributed by atoms with Crippen LogP contribution in [-0.2, 0) is 6.18 Å². The summed E-state index contributed by atoms with van der Waals surface area (Å²) in [5, 5.41) is 8.34. The summed E-state index contributed by atoms with van der Waals surface area (Å²) < 4.78 is 43.5. The monoisotopic (exact) mass is 445 g/mol. The van der Waals surface area contributed by atoms with E-state index in [1.165, 1.54) is 0 Å². The maximum atomic E-state index is 12.5. The van der Waals surface area contributed by atoms with E-state index in [0.717, 1.165) is 37.7 Å². The van der Waals surface area contributed by atoms with Gasteiger partial charge < -0.3 is 15.4 Å². The van der Waals surface area contributed by atoms with Crippen molar-refractivity contribution in [1.82, 2.24) is 15.3 Å². The lowest BCUT2D eigenvalue weighted by atomic mass is 10.0. The lowest BCUT2D eigenvalue weighted by molar-refractivity contribution is -0.141. The highest BCUT2D eigenvalue weighted by atomic mass is 35.5. The number of alkyl halides is 3. The molecule has 1 saturated heterocycles. The SMILES string of the molecule is Cc1ccc(OCC2CCCNC2)c(NC(=O)Nc2cnc(C(F)(F)F)cn2)c1.Cl. The molecule has 3 N–H and O–H groups in total. The van der Waals surface area contributed by atoms with E-state index >= 15 is 0 Å². The van der Waals surface area contributed by atoms with Gasteiger partial charge in [-0.2, -0.15) is 13.2 Å². The molecule has 2 heterocycles. The number of anilines is 2. The van der Waals surface area contributed by atoms with E-state index in [1.54, 1.807) is 12.1 Å². The molecule has 1 fully saturated rings. The van der Waals surface area contributed by atoms with Crippen molar-refractivity contribution >= 4 is 29.9 Å². The summed E-state index contributed by atoms with van der Waals surface area (Å²) in [5.41, 5.74) is 0.252. The highest BCUT2D eigenvalue weighted by molar-refractivity contribution is 6.00. The smallest absolute Gasteiger partial charge is 0.434 e. The van der Waals surface area contributed by atoms with E-state index in [9.17, 15) is 18.0 Å². The van der Waals surface area contributed by atoms with Gasteiger partial charge in [-0.3, -0.25) is 5.32 Å². The molecular weight excluding hydrogens is 423 g/mol. The minimum Gasteiger partial charge on any atom is -0.491 e. The lowest BCUT2D eigenvalue weighted by Crippen LogP contribution is -2.33. The standard InChI is InChI=1S/C19H22F3N5O2.ClH/c1-12-4-5-15(29-11-13-3-2-6-23-8-13)14(7-12)26-18(28)27-17-10-24-16(9-25-17)19(20,21)22;/h4-5,7,9-10,13,23H,2-3,6,8,11H2,1H3,(H2,25,26,27,28);1H. The molecule has 164 valence electrons. The number of benzene rings is 1. The van der Waals surface area contributed by atoms with Crippen molar-refractivity contribution in [1.29, 1.82) is 0 Å². The number of carbonyl (C=O) groups is 1. The Morgan fingerprint density at radius 1 is 1.27 bits per heavy atom. The van der Waals surface area contributed by atoms with Crippen LogP contribution in [0.4, 0.5) is 29.5 Å². The average molecular weight is 446 g/mol. The summed E-state index contributed by atoms with van der Waals surface area (Å²) in [7, 11) is 0. The Kier molecular flexibility index (Phi) is 8.24. The molecule has 0 bridgehead atoms. The minimum atomic E-state index is -4.59. The molecule has 0 spiro atoms. The van der Waals surface area contributed by atoms with Crippen LogP contribution >= 0.6 is 12.4 Å². The molecule has 1 aromatic heterocycles. The Labute approximate surface area is 178 Å². The van der Waals surface area contributed by atoms with Crippen LogP contribution in [0.15, 0.2) is 30.6 Å². The van der Waals surface area contributed by atoms with Crippen LogP contribution in [0, 0.1) is 12.8 Å². The van der Waals surface area contributed by atoms with Gasteiger partial charge in [-0.05, 0) is 44.0 Å². The number of halogens is 4. The number of aryl methyl sites for hydroxylation is 1. The molecular formula is C19H23ClF3N5O2. The summed E-state index contributed by atoms with van der Waals surface area (Å²) in [6, 6.07) is 4.75. The number of piperidine rings is 1. The molecule has 7 nitrogen and oxygen atoms in total. The minimum absolute atomic E-state index is 0. The number of amides is 2. The van der Waals surface area contributed by atoms with Crippen LogP contribution in [0.1, 0.15) is 24.1 Å². The third-order valence-electron chi connectivity index (χ3n) is 4.44. The number of hydrogen-bond acceptors (Lipinski definition) is 5. The number of carbonyl (C=O) groups excluding carboxylic acids is 1. The molecule has 0 aliphatic carbocycles. The summed E-state index contributed by atoms with van der Waals surface area (Å²) in [6.45, 7) is 4.30. The summed E-state index contributed by atoms with van der Waals surface area (Å²) >= 11 is 0. The van der Waals surface area contributed by atoms with E-state index in [-0.39, 0.29) is 18.2 Å². The summed E-state index contributed by atoms with van der Waals surface area (Å²) in [6.07, 6.45) is -0.991. The third kappa shape index (κ3) is 6.74. The number of nitrogens with one attached hydrogen (secondary N) is 3. The van der Waals surface area contributed by atoms with Crippen molar-refractivity contribution in [2.75, 3.05) is 30.3 Å². The fourth-order valence-electron chi connectivity index (χ4n) is 2.95. The molecule has 1 aliphatic rings. The van der Waals surface area contributed by atoms with Gasteiger partial charge in [-0.15, -0.1) is 12.4 Å². The summed E-state index contributed by atoms with van der Waals surface area (Å²) in [4.78, 5) is 19.1. The molecule has 1 aliphatic heterocycles. The number of hydrogen-bond donors (Lipinski definition) is 3. The largest absolute Gasteiger partial charge is 0.491 e. The van der Waals surface area contributed by atoms with Gasteiger partial charge in [0.2, 0.25) is 0 Å². The average Bonchev–Trinajstić information content (AvgIpc) is 2.68. The molecule has 11 heteroatoms. The van der Waals surface area contributed by atoms with Crippen molar-refractivity contribution in [3.63, 3.8) is 0 Å². The predicted octanol–water partition coefficient (Wildman–Crippen LogP) is 4.25. The molecule has 3 rings (SSSR count). The van der Waals surface area contributed by atoms with Gasteiger partial charge in [0.15, 0.2) is 11.5 Å². The van der Waals surface area contributed by atoms with Gasteiger partial charge in [0, 0.05) is 12.5 Å². The zero-order chi connectivity index (χ0) is 20.9. The Hall–Kier alpha value is -2.59. The second-order valence-electron chi connectivity index (χ2n) is 6.89. The van der Waals surface area contributed by atoms with Gasteiger partial charge >= 0.3 is 12.2 Å². The molecule has 1 unspecified atom stereocenters. The first-order valence-corrected chi connectivity index (χ1v) is 9.22. The second-order valence-corrected chi connectivity index (χ2v) is 6.89. The second kappa shape index (κ2) is 10.4. The molecule has 0 radical (unpaired) electrons. The van der Waals surface area contributed by atoms with Crippen LogP contribution < -0.4 is 20.7 Å². The van der Waals surface area contributed by atoms with Gasteiger partial charge in [0.1, 0.15) is 5.75 Å². The van der Waals surface area contributed by atoms with Gasteiger partial charge in [0.05, 0.1) is 24.7 Å². The maximum Gasteiger partial charge on any atom is 0.434 e. The number of nitrogens with zero attached hydrogens (tertiary/aromatic N) is 2. The molecule has 0 saturated carbocycles. The van der Waals surface area contributed by atoms with Gasteiger partial charge in [-0.1, -0.05) is 6.07 Å². The fourth-order valence-corrected chi connectivity index (χ4v) is 2.95. The van der Waals surface area contributed by atoms with Crippen molar-refractivity contribution in [2.24, 2.45) is 5.92 Å². The molecule has 30 heavy (non-hydrogen) atoms. The van der Waals surface area contributed by atoms with E-state index in [1.807, 2.05) is 13.0 Å². The first-order chi connectivity index (χ1) is 13.8. The quantitative estimate of drug-likeness (QED) is 0.640. The topological polar surface area (TPSA) is 88.2 Å². The van der Waals surface area contributed by atoms with E-state index < -0.39 is 17.9 Å².